The zero-order valence-electron chi connectivity index (χ0n) is 8.82. The first kappa shape index (κ1) is 8.89. The number of nitrogens with zero attached hydrogens (tertiary/aromatic N) is 3. The van der Waals surface area contributed by atoms with Gasteiger partial charge in [0.15, 0.2) is 0 Å². The van der Waals surface area contributed by atoms with Gasteiger partial charge in [-0.05, 0) is 25.3 Å². The zero-order chi connectivity index (χ0) is 10.1. The van der Waals surface area contributed by atoms with Crippen molar-refractivity contribution in [2.75, 3.05) is 13.1 Å². The molecule has 2 aliphatic rings. The van der Waals surface area contributed by atoms with Crippen LogP contribution >= 0.6 is 0 Å². The number of aliphatic imine (C=N–C) groups is 1. The summed E-state index contributed by atoms with van der Waals surface area (Å²) < 4.78 is 0. The van der Waals surface area contributed by atoms with Crippen molar-refractivity contribution in [3.05, 3.63) is 24.0 Å². The Labute approximate surface area is 89.8 Å². The highest BCUT2D eigenvalue weighted by molar-refractivity contribution is 5.92. The highest BCUT2D eigenvalue weighted by Gasteiger charge is 2.20. The minimum Gasteiger partial charge on any atom is -0.360 e. The van der Waals surface area contributed by atoms with Crippen molar-refractivity contribution in [2.24, 2.45) is 4.99 Å². The average Bonchev–Trinajstić information content (AvgIpc) is 2.74. The summed E-state index contributed by atoms with van der Waals surface area (Å²) in [6.07, 6.45) is 8.74. The van der Waals surface area contributed by atoms with E-state index in [0.717, 1.165) is 12.1 Å². The molecule has 3 rings (SSSR count). The molecule has 1 saturated heterocycles. The molecule has 78 valence electrons. The summed E-state index contributed by atoms with van der Waals surface area (Å²) in [5.74, 6) is 1.25. The number of fused-ring (bicyclic) bond motifs is 1. The number of hydrogen-bond donors (Lipinski definition) is 0. The van der Waals surface area contributed by atoms with Gasteiger partial charge < -0.3 is 4.90 Å². The molecule has 0 unspecified atom stereocenters. The highest BCUT2D eigenvalue weighted by Crippen LogP contribution is 2.27. The second-order valence-electron chi connectivity index (χ2n) is 4.26. The van der Waals surface area contributed by atoms with Crippen molar-refractivity contribution >= 4 is 11.5 Å². The third-order valence-corrected chi connectivity index (χ3v) is 3.20. The number of aromatic nitrogens is 1. The van der Waals surface area contributed by atoms with Crippen molar-refractivity contribution in [2.45, 2.75) is 25.7 Å². The van der Waals surface area contributed by atoms with Gasteiger partial charge in [0.1, 0.15) is 5.84 Å². The first-order chi connectivity index (χ1) is 7.43. The lowest BCUT2D eigenvalue weighted by Crippen LogP contribution is -2.35. The second kappa shape index (κ2) is 3.65. The van der Waals surface area contributed by atoms with E-state index in [1.807, 2.05) is 18.5 Å². The Morgan fingerprint density at radius 2 is 2.00 bits per heavy atom. The van der Waals surface area contributed by atoms with Crippen LogP contribution in [0.15, 0.2) is 23.5 Å². The molecule has 0 saturated carbocycles. The molecule has 0 radical (unpaired) electrons. The molecule has 0 aliphatic carbocycles. The zero-order valence-corrected chi connectivity index (χ0v) is 8.82. The van der Waals surface area contributed by atoms with Crippen molar-refractivity contribution < 1.29 is 0 Å². The van der Waals surface area contributed by atoms with Crippen LogP contribution in [0.3, 0.4) is 0 Å². The van der Waals surface area contributed by atoms with Gasteiger partial charge in [-0.2, -0.15) is 0 Å². The lowest BCUT2D eigenvalue weighted by molar-refractivity contribution is 0.339. The van der Waals surface area contributed by atoms with E-state index in [2.05, 4.69) is 14.9 Å². The molecule has 1 aromatic rings. The number of hydrogen-bond acceptors (Lipinski definition) is 3. The maximum atomic E-state index is 4.68. The van der Waals surface area contributed by atoms with E-state index in [1.165, 1.54) is 43.8 Å². The van der Waals surface area contributed by atoms with Gasteiger partial charge in [-0.15, -0.1) is 0 Å². The van der Waals surface area contributed by atoms with Gasteiger partial charge in [0.2, 0.25) is 0 Å². The minimum atomic E-state index is 0.975. The van der Waals surface area contributed by atoms with Crippen LogP contribution in [-0.2, 0) is 6.42 Å². The molecule has 3 nitrogen and oxygen atoms in total. The van der Waals surface area contributed by atoms with Crippen LogP contribution < -0.4 is 0 Å². The Bertz CT molecular complexity index is 392. The monoisotopic (exact) mass is 201 g/mol. The van der Waals surface area contributed by atoms with Gasteiger partial charge >= 0.3 is 0 Å². The summed E-state index contributed by atoms with van der Waals surface area (Å²) in [4.78, 5) is 11.3. The average molecular weight is 201 g/mol. The van der Waals surface area contributed by atoms with Crippen molar-refractivity contribution in [3.8, 4) is 0 Å². The quantitative estimate of drug-likeness (QED) is 0.643. The molecule has 0 N–H and O–H groups in total. The van der Waals surface area contributed by atoms with Crippen LogP contribution in [0.5, 0.6) is 0 Å². The Balaban J connectivity index is 1.81. The Morgan fingerprint density at radius 1 is 1.13 bits per heavy atom. The van der Waals surface area contributed by atoms with E-state index in [9.17, 15) is 0 Å². The van der Waals surface area contributed by atoms with E-state index in [0.29, 0.717) is 0 Å². The molecule has 2 aliphatic heterocycles. The fraction of sp³-hybridized carbons (Fsp3) is 0.500. The fourth-order valence-electron chi connectivity index (χ4n) is 2.35. The van der Waals surface area contributed by atoms with Crippen LogP contribution in [0.1, 0.15) is 24.8 Å². The molecule has 0 atom stereocenters. The lowest BCUT2D eigenvalue weighted by Gasteiger charge is -2.28. The van der Waals surface area contributed by atoms with E-state index < -0.39 is 0 Å². The van der Waals surface area contributed by atoms with Gasteiger partial charge in [0, 0.05) is 37.5 Å². The predicted octanol–water partition coefficient (Wildman–Crippen LogP) is 2.15. The molecule has 0 aromatic carbocycles. The van der Waals surface area contributed by atoms with E-state index >= 15 is 0 Å². The first-order valence-electron chi connectivity index (χ1n) is 5.69. The van der Waals surface area contributed by atoms with E-state index in [4.69, 9.17) is 0 Å². The fourth-order valence-corrected chi connectivity index (χ4v) is 2.35. The summed E-state index contributed by atoms with van der Waals surface area (Å²) in [5, 5.41) is 0. The summed E-state index contributed by atoms with van der Waals surface area (Å²) >= 11 is 0. The number of piperidine rings is 1. The van der Waals surface area contributed by atoms with Crippen LogP contribution in [-0.4, -0.2) is 28.8 Å². The predicted molar refractivity (Wildman–Crippen MR) is 60.5 cm³/mol. The molecule has 1 aromatic heterocycles. The van der Waals surface area contributed by atoms with Gasteiger partial charge in [-0.3, -0.25) is 4.98 Å². The van der Waals surface area contributed by atoms with Crippen molar-refractivity contribution in [1.82, 2.24) is 9.88 Å². The summed E-state index contributed by atoms with van der Waals surface area (Å²) in [5.41, 5.74) is 2.39. The van der Waals surface area contributed by atoms with Gasteiger partial charge in [-0.1, -0.05) is 0 Å². The Kier molecular flexibility index (Phi) is 2.16. The van der Waals surface area contributed by atoms with E-state index in [-0.39, 0.29) is 0 Å². The Morgan fingerprint density at radius 3 is 2.80 bits per heavy atom. The lowest BCUT2D eigenvalue weighted by atomic mass is 10.1. The number of amidine groups is 1. The third kappa shape index (κ3) is 1.62. The number of likely N-dealkylation sites (tertiary alicyclic amines) is 1. The smallest absolute Gasteiger partial charge is 0.109 e. The first-order valence-corrected chi connectivity index (χ1v) is 5.69. The largest absolute Gasteiger partial charge is 0.360 e. The van der Waals surface area contributed by atoms with Crippen molar-refractivity contribution in [1.29, 1.82) is 0 Å². The summed E-state index contributed by atoms with van der Waals surface area (Å²) in [6, 6.07) is 2.01. The van der Waals surface area contributed by atoms with Gasteiger partial charge in [0.25, 0.3) is 0 Å². The Hall–Kier alpha value is -1.38. The second-order valence-corrected chi connectivity index (χ2v) is 4.26. The maximum absolute atomic E-state index is 4.68. The molecular weight excluding hydrogens is 186 g/mol. The molecule has 0 spiro atoms. The van der Waals surface area contributed by atoms with Crippen molar-refractivity contribution in [3.63, 3.8) is 0 Å². The normalized spacial score (nSPS) is 20.0. The standard InChI is InChI=1S/C12H15N3/c1-2-6-15(7-3-1)12-8-10-9-13-5-4-11(10)14-12/h4-5,9H,1-3,6-8H2. The third-order valence-electron chi connectivity index (χ3n) is 3.20. The van der Waals surface area contributed by atoms with Crippen LogP contribution in [0.4, 0.5) is 5.69 Å². The molecule has 0 amide bonds. The molecule has 1 fully saturated rings. The topological polar surface area (TPSA) is 28.5 Å². The summed E-state index contributed by atoms with van der Waals surface area (Å²) in [7, 11) is 0. The van der Waals surface area contributed by atoms with Gasteiger partial charge in [-0.25, -0.2) is 4.99 Å². The molecule has 0 bridgehead atoms. The molecule has 3 heteroatoms. The van der Waals surface area contributed by atoms with Crippen LogP contribution in [0.25, 0.3) is 0 Å². The molecule has 3 heterocycles. The summed E-state index contributed by atoms with van der Waals surface area (Å²) in [6.45, 7) is 2.36. The number of pyridine rings is 1. The van der Waals surface area contributed by atoms with E-state index in [1.54, 1.807) is 0 Å². The maximum Gasteiger partial charge on any atom is 0.109 e. The SMILES string of the molecule is c1cc2c(cn1)CC(N1CCCCC1)=N2. The number of rotatable bonds is 0. The van der Waals surface area contributed by atoms with Crippen LogP contribution in [0.2, 0.25) is 0 Å². The molecular formula is C12H15N3. The highest BCUT2D eigenvalue weighted by atomic mass is 15.2. The van der Waals surface area contributed by atoms with Gasteiger partial charge in [0.05, 0.1) is 5.69 Å². The minimum absolute atomic E-state index is 0.975. The van der Waals surface area contributed by atoms with Crippen LogP contribution in [0, 0.1) is 0 Å². The molecule has 15 heavy (non-hydrogen) atoms.